The Kier molecular flexibility index (Phi) is 3.95. The number of ether oxygens (including phenoxy) is 2. The molecule has 16 heavy (non-hydrogen) atoms. The fraction of sp³-hybridized carbons (Fsp3) is 0.545. The van der Waals surface area contributed by atoms with Crippen molar-refractivity contribution in [3.05, 3.63) is 12.1 Å². The van der Waals surface area contributed by atoms with E-state index in [-0.39, 0.29) is 5.60 Å². The van der Waals surface area contributed by atoms with Crippen LogP contribution >= 0.6 is 0 Å². The number of methoxy groups -OCH3 is 2. The molecule has 0 bridgehead atoms. The number of hydrogen-bond donors (Lipinski definition) is 2. The molecule has 3 N–H and O–H groups in total. The summed E-state index contributed by atoms with van der Waals surface area (Å²) in [6.45, 7) is 4.65. The van der Waals surface area contributed by atoms with Crippen LogP contribution in [0.5, 0.6) is 5.88 Å². The van der Waals surface area contributed by atoms with Gasteiger partial charge in [0, 0.05) is 13.7 Å². The first-order valence-corrected chi connectivity index (χ1v) is 5.08. The molecule has 0 aromatic carbocycles. The number of nitrogens with two attached hydrogens (primary N) is 1. The number of aromatic nitrogens is 1. The number of nitrogen functional groups attached to an aromatic ring is 1. The summed E-state index contributed by atoms with van der Waals surface area (Å²) >= 11 is 0. The van der Waals surface area contributed by atoms with E-state index in [2.05, 4.69) is 10.3 Å². The maximum atomic E-state index is 5.67. The topological polar surface area (TPSA) is 69.4 Å². The minimum absolute atomic E-state index is 0.240. The molecular weight excluding hydrogens is 206 g/mol. The molecule has 90 valence electrons. The van der Waals surface area contributed by atoms with Crippen LogP contribution in [0.3, 0.4) is 0 Å². The van der Waals surface area contributed by atoms with Crippen molar-refractivity contribution in [1.82, 2.24) is 4.98 Å². The van der Waals surface area contributed by atoms with E-state index >= 15 is 0 Å². The van der Waals surface area contributed by atoms with Crippen LogP contribution in [0.4, 0.5) is 11.5 Å². The zero-order chi connectivity index (χ0) is 12.2. The largest absolute Gasteiger partial charge is 0.479 e. The van der Waals surface area contributed by atoms with Gasteiger partial charge in [-0.05, 0) is 26.0 Å². The monoisotopic (exact) mass is 225 g/mol. The van der Waals surface area contributed by atoms with E-state index in [0.717, 1.165) is 5.82 Å². The van der Waals surface area contributed by atoms with Gasteiger partial charge in [-0.25, -0.2) is 0 Å². The summed E-state index contributed by atoms with van der Waals surface area (Å²) in [5, 5.41) is 3.17. The Morgan fingerprint density at radius 2 is 2.06 bits per heavy atom. The zero-order valence-electron chi connectivity index (χ0n) is 10.2. The van der Waals surface area contributed by atoms with E-state index in [1.54, 1.807) is 20.3 Å². The molecule has 1 heterocycles. The molecule has 0 amide bonds. The van der Waals surface area contributed by atoms with Gasteiger partial charge in [-0.3, -0.25) is 0 Å². The van der Waals surface area contributed by atoms with Gasteiger partial charge in [-0.15, -0.1) is 0 Å². The lowest BCUT2D eigenvalue weighted by molar-refractivity contribution is 0.0343. The number of nitrogens with zero attached hydrogens (tertiary/aromatic N) is 1. The summed E-state index contributed by atoms with van der Waals surface area (Å²) in [5.41, 5.74) is 5.96. The zero-order valence-corrected chi connectivity index (χ0v) is 10.2. The number of hydrogen-bond acceptors (Lipinski definition) is 5. The lowest BCUT2D eigenvalue weighted by Crippen LogP contribution is -2.32. The second-order valence-electron chi connectivity index (χ2n) is 4.11. The molecular formula is C11H19N3O2. The lowest BCUT2D eigenvalue weighted by atomic mass is 10.1. The smallest absolute Gasteiger partial charge is 0.238 e. The van der Waals surface area contributed by atoms with Crippen LogP contribution in [0.25, 0.3) is 0 Å². The summed E-state index contributed by atoms with van der Waals surface area (Å²) in [6.07, 6.45) is 0. The first kappa shape index (κ1) is 12.6. The molecule has 0 aliphatic rings. The Hall–Kier alpha value is -1.49. The van der Waals surface area contributed by atoms with Crippen LogP contribution in [0, 0.1) is 0 Å². The summed E-state index contributed by atoms with van der Waals surface area (Å²) in [4.78, 5) is 4.21. The Morgan fingerprint density at radius 3 is 2.62 bits per heavy atom. The molecule has 0 radical (unpaired) electrons. The van der Waals surface area contributed by atoms with E-state index < -0.39 is 0 Å². The van der Waals surface area contributed by atoms with Crippen LogP contribution < -0.4 is 15.8 Å². The molecule has 5 heteroatoms. The fourth-order valence-electron chi connectivity index (χ4n) is 1.09. The first-order valence-electron chi connectivity index (χ1n) is 5.08. The van der Waals surface area contributed by atoms with Crippen LogP contribution in [-0.4, -0.2) is 31.3 Å². The molecule has 0 fully saturated rings. The Bertz CT molecular complexity index is 353. The van der Waals surface area contributed by atoms with Gasteiger partial charge in [-0.2, -0.15) is 4.98 Å². The van der Waals surface area contributed by atoms with Gasteiger partial charge in [0.1, 0.15) is 5.82 Å². The molecule has 1 aromatic rings. The van der Waals surface area contributed by atoms with Crippen molar-refractivity contribution in [3.8, 4) is 5.88 Å². The average molecular weight is 225 g/mol. The number of anilines is 2. The van der Waals surface area contributed by atoms with Gasteiger partial charge in [0.05, 0.1) is 18.4 Å². The Labute approximate surface area is 96.0 Å². The maximum absolute atomic E-state index is 5.67. The molecule has 0 unspecified atom stereocenters. The van der Waals surface area contributed by atoms with Gasteiger partial charge in [0.25, 0.3) is 0 Å². The van der Waals surface area contributed by atoms with Gasteiger partial charge >= 0.3 is 0 Å². The standard InChI is InChI=1S/C11H19N3O2/c1-11(2,16-4)7-13-9-6-5-8(12)10(14-9)15-3/h5-6H,7,12H2,1-4H3,(H,13,14). The molecule has 0 spiro atoms. The third kappa shape index (κ3) is 3.27. The van der Waals surface area contributed by atoms with Crippen LogP contribution in [0.1, 0.15) is 13.8 Å². The molecule has 1 aromatic heterocycles. The third-order valence-corrected chi connectivity index (χ3v) is 2.33. The van der Waals surface area contributed by atoms with Crippen molar-refractivity contribution < 1.29 is 9.47 Å². The number of rotatable bonds is 5. The average Bonchev–Trinajstić information content (AvgIpc) is 2.28. The predicted octanol–water partition coefficient (Wildman–Crippen LogP) is 1.51. The predicted molar refractivity (Wildman–Crippen MR) is 64.8 cm³/mol. The summed E-state index contributed by atoms with van der Waals surface area (Å²) < 4.78 is 10.3. The van der Waals surface area contributed by atoms with Gasteiger partial charge in [0.2, 0.25) is 5.88 Å². The molecule has 0 saturated carbocycles. The summed E-state index contributed by atoms with van der Waals surface area (Å²) in [6, 6.07) is 3.57. The summed E-state index contributed by atoms with van der Waals surface area (Å²) in [7, 11) is 3.22. The second-order valence-corrected chi connectivity index (χ2v) is 4.11. The fourth-order valence-corrected chi connectivity index (χ4v) is 1.09. The maximum Gasteiger partial charge on any atom is 0.238 e. The number of pyridine rings is 1. The normalized spacial score (nSPS) is 11.2. The number of nitrogens with one attached hydrogen (secondary N) is 1. The van der Waals surface area contributed by atoms with Crippen molar-refractivity contribution in [2.45, 2.75) is 19.4 Å². The molecule has 0 aliphatic carbocycles. The van der Waals surface area contributed by atoms with Crippen molar-refractivity contribution in [1.29, 1.82) is 0 Å². The highest BCUT2D eigenvalue weighted by molar-refractivity contribution is 5.53. The minimum atomic E-state index is -0.240. The Balaban J connectivity index is 2.68. The highest BCUT2D eigenvalue weighted by Gasteiger charge is 2.16. The first-order chi connectivity index (χ1) is 7.48. The third-order valence-electron chi connectivity index (χ3n) is 2.33. The van der Waals surface area contributed by atoms with Gasteiger partial charge in [-0.1, -0.05) is 0 Å². The lowest BCUT2D eigenvalue weighted by Gasteiger charge is -2.23. The van der Waals surface area contributed by atoms with E-state index in [1.807, 2.05) is 19.9 Å². The SMILES string of the molecule is COc1nc(NCC(C)(C)OC)ccc1N. The van der Waals surface area contributed by atoms with E-state index in [4.69, 9.17) is 15.2 Å². The van der Waals surface area contributed by atoms with E-state index in [9.17, 15) is 0 Å². The van der Waals surface area contributed by atoms with E-state index in [1.165, 1.54) is 0 Å². The Morgan fingerprint density at radius 1 is 1.38 bits per heavy atom. The molecule has 0 atom stereocenters. The quantitative estimate of drug-likeness (QED) is 0.795. The van der Waals surface area contributed by atoms with Gasteiger partial charge in [0.15, 0.2) is 0 Å². The van der Waals surface area contributed by atoms with Crippen molar-refractivity contribution in [2.75, 3.05) is 31.8 Å². The highest BCUT2D eigenvalue weighted by Crippen LogP contribution is 2.20. The van der Waals surface area contributed by atoms with Crippen molar-refractivity contribution in [3.63, 3.8) is 0 Å². The minimum Gasteiger partial charge on any atom is -0.479 e. The molecule has 0 saturated heterocycles. The molecule has 5 nitrogen and oxygen atoms in total. The van der Waals surface area contributed by atoms with Gasteiger partial charge < -0.3 is 20.5 Å². The molecule has 1 rings (SSSR count). The van der Waals surface area contributed by atoms with E-state index in [0.29, 0.717) is 18.1 Å². The van der Waals surface area contributed by atoms with Crippen LogP contribution in [0.15, 0.2) is 12.1 Å². The van der Waals surface area contributed by atoms with Crippen molar-refractivity contribution in [2.24, 2.45) is 0 Å². The van der Waals surface area contributed by atoms with Crippen LogP contribution in [-0.2, 0) is 4.74 Å². The van der Waals surface area contributed by atoms with Crippen LogP contribution in [0.2, 0.25) is 0 Å². The highest BCUT2D eigenvalue weighted by atomic mass is 16.5. The summed E-state index contributed by atoms with van der Waals surface area (Å²) in [5.74, 6) is 1.15. The van der Waals surface area contributed by atoms with Crippen molar-refractivity contribution >= 4 is 11.5 Å². The second kappa shape index (κ2) is 5.03. The molecule has 0 aliphatic heterocycles.